The molecule has 1 aliphatic heterocycles. The summed E-state index contributed by atoms with van der Waals surface area (Å²) in [5.41, 5.74) is 3.81. The fourth-order valence-corrected chi connectivity index (χ4v) is 2.94. The summed E-state index contributed by atoms with van der Waals surface area (Å²) in [7, 11) is 4.16. The Kier molecular flexibility index (Phi) is 2.76. The Morgan fingerprint density at radius 2 is 2.11 bits per heavy atom. The molecule has 0 amide bonds. The summed E-state index contributed by atoms with van der Waals surface area (Å²) < 4.78 is 2.15. The summed E-state index contributed by atoms with van der Waals surface area (Å²) in [6.45, 7) is 0. The van der Waals surface area contributed by atoms with Crippen LogP contribution in [0.4, 0.5) is 5.69 Å². The normalized spacial score (nSPS) is 16.1. The molecule has 1 aliphatic rings. The van der Waals surface area contributed by atoms with E-state index in [-0.39, 0.29) is 0 Å². The number of hydrogen-bond acceptors (Lipinski definition) is 2. The molecule has 2 heterocycles. The molecule has 0 bridgehead atoms. The largest absolute Gasteiger partial charge is 0.351 e. The first kappa shape index (κ1) is 11.2. The quantitative estimate of drug-likeness (QED) is 0.710. The van der Waals surface area contributed by atoms with Gasteiger partial charge in [-0.15, -0.1) is 0 Å². The van der Waals surface area contributed by atoms with Crippen molar-refractivity contribution in [1.29, 1.82) is 0 Å². The van der Waals surface area contributed by atoms with Gasteiger partial charge in [0, 0.05) is 30.6 Å². The molecule has 90 valence electrons. The van der Waals surface area contributed by atoms with E-state index in [1.165, 1.54) is 21.8 Å². The molecule has 0 N–H and O–H groups in total. The molecule has 2 aromatic rings. The Balaban J connectivity index is 2.12. The molecule has 0 atom stereocenters. The number of aromatic nitrogens is 1. The van der Waals surface area contributed by atoms with E-state index in [4.69, 9.17) is 0 Å². The van der Waals surface area contributed by atoms with Crippen LogP contribution in [0.1, 0.15) is 10.6 Å². The lowest BCUT2D eigenvalue weighted by Gasteiger charge is -2.23. The van der Waals surface area contributed by atoms with Crippen molar-refractivity contribution >= 4 is 28.7 Å². The number of rotatable bonds is 1. The van der Waals surface area contributed by atoms with Crippen LogP contribution in [-0.2, 0) is 7.05 Å². The number of para-hydroxylation sites is 1. The molecule has 0 aliphatic carbocycles. The van der Waals surface area contributed by atoms with Crippen LogP contribution in [0.15, 0.2) is 48.1 Å². The number of anilines is 1. The van der Waals surface area contributed by atoms with Crippen LogP contribution < -0.4 is 9.47 Å². The van der Waals surface area contributed by atoms with Gasteiger partial charge >= 0.3 is 0 Å². The van der Waals surface area contributed by atoms with Crippen LogP contribution >= 0.6 is 11.3 Å². The minimum atomic E-state index is 1.26. The first-order valence-electron chi connectivity index (χ1n) is 5.91. The molecule has 3 heteroatoms. The molecule has 3 rings (SSSR count). The van der Waals surface area contributed by atoms with Crippen LogP contribution in [0.5, 0.6) is 0 Å². The van der Waals surface area contributed by atoms with Crippen molar-refractivity contribution in [3.05, 3.63) is 58.7 Å². The Bertz CT molecular complexity index is 637. The van der Waals surface area contributed by atoms with Crippen molar-refractivity contribution in [3.63, 3.8) is 0 Å². The lowest BCUT2D eigenvalue weighted by Crippen LogP contribution is -2.27. The van der Waals surface area contributed by atoms with E-state index in [0.717, 1.165) is 0 Å². The van der Waals surface area contributed by atoms with Crippen molar-refractivity contribution < 1.29 is 4.57 Å². The molecule has 0 radical (unpaired) electrons. The third kappa shape index (κ3) is 1.87. The summed E-state index contributed by atoms with van der Waals surface area (Å²) in [5, 5.41) is 3.37. The first-order valence-corrected chi connectivity index (χ1v) is 6.79. The standard InChI is InChI=1S/C15H15N2S/c1-16-8-7-12(11-15-17(2)9-10-18-15)13-5-3-4-6-14(13)16/h3-11H,1-2H3/q+1. The van der Waals surface area contributed by atoms with Gasteiger partial charge in [0.05, 0.1) is 5.38 Å². The predicted octanol–water partition coefficient (Wildman–Crippen LogP) is 3.08. The van der Waals surface area contributed by atoms with Gasteiger partial charge in [-0.25, -0.2) is 0 Å². The van der Waals surface area contributed by atoms with Gasteiger partial charge in [-0.1, -0.05) is 29.5 Å². The van der Waals surface area contributed by atoms with E-state index in [1.54, 1.807) is 11.3 Å². The van der Waals surface area contributed by atoms with Crippen LogP contribution in [0.2, 0.25) is 0 Å². The minimum Gasteiger partial charge on any atom is -0.351 e. The van der Waals surface area contributed by atoms with Gasteiger partial charge in [-0.3, -0.25) is 0 Å². The van der Waals surface area contributed by atoms with Gasteiger partial charge in [0.2, 0.25) is 0 Å². The van der Waals surface area contributed by atoms with E-state index in [0.29, 0.717) is 0 Å². The molecule has 2 nitrogen and oxygen atoms in total. The topological polar surface area (TPSA) is 7.12 Å². The number of aryl methyl sites for hydroxylation is 1. The molecule has 0 saturated heterocycles. The lowest BCUT2D eigenvalue weighted by atomic mass is 10.00. The van der Waals surface area contributed by atoms with E-state index in [1.807, 2.05) is 0 Å². The maximum atomic E-state index is 2.24. The number of benzene rings is 1. The molecule has 0 fully saturated rings. The van der Waals surface area contributed by atoms with Crippen LogP contribution in [0.3, 0.4) is 0 Å². The average Bonchev–Trinajstić information content (AvgIpc) is 2.79. The Morgan fingerprint density at radius 1 is 1.28 bits per heavy atom. The van der Waals surface area contributed by atoms with Crippen molar-refractivity contribution in [2.45, 2.75) is 0 Å². The monoisotopic (exact) mass is 255 g/mol. The molecule has 18 heavy (non-hydrogen) atoms. The first-order chi connectivity index (χ1) is 8.75. The zero-order valence-corrected chi connectivity index (χ0v) is 11.3. The number of nitrogens with zero attached hydrogens (tertiary/aromatic N) is 2. The van der Waals surface area contributed by atoms with Crippen molar-refractivity contribution in [3.8, 4) is 0 Å². The molecule has 0 saturated carbocycles. The van der Waals surface area contributed by atoms with Gasteiger partial charge in [0.25, 0.3) is 5.01 Å². The second kappa shape index (κ2) is 4.42. The summed E-state index contributed by atoms with van der Waals surface area (Å²) in [5.74, 6) is 0. The van der Waals surface area contributed by atoms with Gasteiger partial charge < -0.3 is 4.90 Å². The van der Waals surface area contributed by atoms with Crippen LogP contribution in [0.25, 0.3) is 11.6 Å². The highest BCUT2D eigenvalue weighted by molar-refractivity contribution is 7.10. The zero-order valence-electron chi connectivity index (χ0n) is 10.5. The van der Waals surface area contributed by atoms with E-state index >= 15 is 0 Å². The minimum absolute atomic E-state index is 1.26. The number of thiazole rings is 1. The second-order valence-electron chi connectivity index (χ2n) is 4.40. The summed E-state index contributed by atoms with van der Waals surface area (Å²) >= 11 is 1.76. The highest BCUT2D eigenvalue weighted by Crippen LogP contribution is 2.32. The Hall–Kier alpha value is -1.87. The van der Waals surface area contributed by atoms with Crippen molar-refractivity contribution in [2.24, 2.45) is 7.05 Å². The summed E-state index contributed by atoms with van der Waals surface area (Å²) in [6, 6.07) is 8.50. The third-order valence-corrected chi connectivity index (χ3v) is 4.08. The number of fused-ring (bicyclic) bond motifs is 1. The molecule has 0 unspecified atom stereocenters. The molecular weight excluding hydrogens is 240 g/mol. The predicted molar refractivity (Wildman–Crippen MR) is 77.4 cm³/mol. The molecule has 0 spiro atoms. The van der Waals surface area contributed by atoms with Gasteiger partial charge in [-0.2, -0.15) is 4.57 Å². The van der Waals surface area contributed by atoms with Crippen molar-refractivity contribution in [2.75, 3.05) is 11.9 Å². The fourth-order valence-electron chi connectivity index (χ4n) is 2.13. The van der Waals surface area contributed by atoms with Crippen LogP contribution in [0, 0.1) is 0 Å². The van der Waals surface area contributed by atoms with Crippen molar-refractivity contribution in [1.82, 2.24) is 0 Å². The molecular formula is C15H15N2S+. The lowest BCUT2D eigenvalue weighted by molar-refractivity contribution is -0.668. The van der Waals surface area contributed by atoms with Gasteiger partial charge in [0.15, 0.2) is 6.20 Å². The summed E-state index contributed by atoms with van der Waals surface area (Å²) in [6.07, 6.45) is 8.61. The van der Waals surface area contributed by atoms with E-state index in [2.05, 4.69) is 77.8 Å². The average molecular weight is 255 g/mol. The highest BCUT2D eigenvalue weighted by atomic mass is 32.1. The second-order valence-corrected chi connectivity index (χ2v) is 5.32. The number of hydrogen-bond donors (Lipinski definition) is 0. The van der Waals surface area contributed by atoms with Gasteiger partial charge in [-0.05, 0) is 17.7 Å². The smallest absolute Gasteiger partial charge is 0.262 e. The van der Waals surface area contributed by atoms with E-state index < -0.39 is 0 Å². The van der Waals surface area contributed by atoms with Gasteiger partial charge in [0.1, 0.15) is 7.05 Å². The SMILES string of the molecule is CN1C=C/C(=C\c2scc[n+]2C)c2ccccc21. The summed E-state index contributed by atoms with van der Waals surface area (Å²) in [4.78, 5) is 2.15. The maximum absolute atomic E-state index is 2.24. The maximum Gasteiger partial charge on any atom is 0.262 e. The fraction of sp³-hybridized carbons (Fsp3) is 0.133. The third-order valence-electron chi connectivity index (χ3n) is 3.17. The Labute approximate surface area is 111 Å². The zero-order chi connectivity index (χ0) is 12.5. The van der Waals surface area contributed by atoms with Crippen LogP contribution in [-0.4, -0.2) is 7.05 Å². The number of allylic oxidation sites excluding steroid dienone is 2. The molecule has 1 aromatic heterocycles. The highest BCUT2D eigenvalue weighted by Gasteiger charge is 2.14. The molecule has 1 aromatic carbocycles. The Morgan fingerprint density at radius 3 is 2.89 bits per heavy atom. The van der Waals surface area contributed by atoms with E-state index in [9.17, 15) is 0 Å².